The van der Waals surface area contributed by atoms with E-state index in [4.69, 9.17) is 0 Å². The molecule has 3 unspecified atom stereocenters. The molecular weight excluding hydrogens is 388 g/mol. The van der Waals surface area contributed by atoms with Crippen molar-refractivity contribution in [2.75, 3.05) is 23.3 Å². The third kappa shape index (κ3) is 4.02. The first kappa shape index (κ1) is 19.0. The first-order valence-electron chi connectivity index (χ1n) is 10.8. The Labute approximate surface area is 174 Å². The van der Waals surface area contributed by atoms with Crippen LogP contribution < -0.4 is 15.8 Å². The number of piperidine rings is 1. The van der Waals surface area contributed by atoms with Crippen LogP contribution in [0, 0.1) is 0 Å². The number of anilines is 2. The Morgan fingerprint density at radius 1 is 1.14 bits per heavy atom. The van der Waals surface area contributed by atoms with Gasteiger partial charge in [-0.05, 0) is 57.4 Å². The normalized spacial score (nSPS) is 27.3. The molecule has 3 atom stereocenters. The SMILES string of the molecule is O=c1ccc(N2CCCCC2CNc2nc(C3CC3)ns2)nn1C1CCCC1O. The van der Waals surface area contributed by atoms with Crippen LogP contribution in [0.5, 0.6) is 0 Å². The Bertz CT molecular complexity index is 910. The molecule has 2 aliphatic carbocycles. The fraction of sp³-hybridized carbons (Fsp3) is 0.700. The molecule has 8 nitrogen and oxygen atoms in total. The first-order valence-corrected chi connectivity index (χ1v) is 11.6. The number of aliphatic hydroxyl groups excluding tert-OH is 1. The largest absolute Gasteiger partial charge is 0.391 e. The van der Waals surface area contributed by atoms with Crippen molar-refractivity contribution >= 4 is 22.5 Å². The molecule has 156 valence electrons. The van der Waals surface area contributed by atoms with E-state index in [1.54, 1.807) is 6.07 Å². The van der Waals surface area contributed by atoms with E-state index in [0.29, 0.717) is 12.0 Å². The Balaban J connectivity index is 1.32. The molecule has 1 saturated heterocycles. The van der Waals surface area contributed by atoms with Gasteiger partial charge in [-0.15, -0.1) is 0 Å². The van der Waals surface area contributed by atoms with Crippen molar-refractivity contribution < 1.29 is 5.11 Å². The molecule has 0 bridgehead atoms. The Morgan fingerprint density at radius 3 is 2.83 bits per heavy atom. The van der Waals surface area contributed by atoms with Gasteiger partial charge in [0.25, 0.3) is 5.56 Å². The highest BCUT2D eigenvalue weighted by Gasteiger charge is 2.31. The van der Waals surface area contributed by atoms with E-state index in [1.807, 2.05) is 6.07 Å². The predicted octanol–water partition coefficient (Wildman–Crippen LogP) is 2.53. The number of hydrogen-bond acceptors (Lipinski definition) is 8. The van der Waals surface area contributed by atoms with Crippen molar-refractivity contribution in [1.29, 1.82) is 0 Å². The third-order valence-electron chi connectivity index (χ3n) is 6.36. The number of nitrogens with zero attached hydrogens (tertiary/aromatic N) is 5. The quantitative estimate of drug-likeness (QED) is 0.747. The zero-order chi connectivity index (χ0) is 19.8. The fourth-order valence-electron chi connectivity index (χ4n) is 4.55. The van der Waals surface area contributed by atoms with E-state index in [9.17, 15) is 9.90 Å². The van der Waals surface area contributed by atoms with Gasteiger partial charge in [0.05, 0.1) is 12.1 Å². The van der Waals surface area contributed by atoms with Crippen LogP contribution in [0.25, 0.3) is 0 Å². The second kappa shape index (κ2) is 8.02. The lowest BCUT2D eigenvalue weighted by Gasteiger charge is -2.37. The Hall–Kier alpha value is -2.00. The number of rotatable bonds is 6. The van der Waals surface area contributed by atoms with Gasteiger partial charge in [-0.2, -0.15) is 9.47 Å². The summed E-state index contributed by atoms with van der Waals surface area (Å²) in [5.74, 6) is 2.39. The van der Waals surface area contributed by atoms with Gasteiger partial charge in [0.15, 0.2) is 0 Å². The molecule has 3 aliphatic rings. The van der Waals surface area contributed by atoms with Crippen LogP contribution in [0.2, 0.25) is 0 Å². The molecule has 2 aromatic rings. The van der Waals surface area contributed by atoms with Crippen molar-refractivity contribution in [3.8, 4) is 0 Å². The average Bonchev–Trinajstić information content (AvgIpc) is 3.33. The summed E-state index contributed by atoms with van der Waals surface area (Å²) in [4.78, 5) is 19.3. The number of hydrogen-bond donors (Lipinski definition) is 2. The maximum Gasteiger partial charge on any atom is 0.267 e. The lowest BCUT2D eigenvalue weighted by molar-refractivity contribution is 0.127. The molecule has 0 aromatic carbocycles. The number of nitrogens with one attached hydrogen (secondary N) is 1. The van der Waals surface area contributed by atoms with Crippen LogP contribution in [-0.2, 0) is 0 Å². The predicted molar refractivity (Wildman–Crippen MR) is 113 cm³/mol. The first-order chi connectivity index (χ1) is 14.2. The van der Waals surface area contributed by atoms with Crippen LogP contribution in [-0.4, -0.2) is 49.5 Å². The molecule has 2 saturated carbocycles. The molecule has 1 aliphatic heterocycles. The summed E-state index contributed by atoms with van der Waals surface area (Å²) in [6, 6.07) is 3.52. The molecule has 9 heteroatoms. The highest BCUT2D eigenvalue weighted by atomic mass is 32.1. The maximum atomic E-state index is 12.4. The highest BCUT2D eigenvalue weighted by Crippen LogP contribution is 2.39. The number of aliphatic hydroxyl groups is 1. The fourth-order valence-corrected chi connectivity index (χ4v) is 5.20. The minimum Gasteiger partial charge on any atom is -0.391 e. The maximum absolute atomic E-state index is 12.4. The summed E-state index contributed by atoms with van der Waals surface area (Å²) in [5, 5.41) is 19.3. The summed E-state index contributed by atoms with van der Waals surface area (Å²) in [7, 11) is 0. The van der Waals surface area contributed by atoms with Crippen LogP contribution in [0.4, 0.5) is 10.9 Å². The van der Waals surface area contributed by atoms with E-state index in [2.05, 4.69) is 24.7 Å². The van der Waals surface area contributed by atoms with Gasteiger partial charge in [-0.1, -0.05) is 0 Å². The summed E-state index contributed by atoms with van der Waals surface area (Å²) in [6.07, 6.45) is 7.81. The second-order valence-corrected chi connectivity index (χ2v) is 9.25. The molecule has 0 spiro atoms. The molecule has 3 fully saturated rings. The summed E-state index contributed by atoms with van der Waals surface area (Å²) in [5.41, 5.74) is -0.132. The van der Waals surface area contributed by atoms with Gasteiger partial charge in [-0.3, -0.25) is 4.79 Å². The monoisotopic (exact) mass is 416 g/mol. The van der Waals surface area contributed by atoms with Crippen molar-refractivity contribution in [2.45, 2.75) is 75.5 Å². The van der Waals surface area contributed by atoms with Crippen LogP contribution in [0.1, 0.15) is 69.2 Å². The number of aromatic nitrogens is 4. The van der Waals surface area contributed by atoms with Gasteiger partial charge in [0.1, 0.15) is 11.6 Å². The lowest BCUT2D eigenvalue weighted by atomic mass is 10.0. The molecule has 5 rings (SSSR count). The average molecular weight is 417 g/mol. The van der Waals surface area contributed by atoms with Crippen molar-refractivity contribution in [3.05, 3.63) is 28.3 Å². The molecule has 29 heavy (non-hydrogen) atoms. The van der Waals surface area contributed by atoms with Crippen LogP contribution in [0.3, 0.4) is 0 Å². The molecule has 0 radical (unpaired) electrons. The molecule has 2 aromatic heterocycles. The Kier molecular flexibility index (Phi) is 5.26. The van der Waals surface area contributed by atoms with E-state index >= 15 is 0 Å². The van der Waals surface area contributed by atoms with E-state index in [0.717, 1.165) is 62.0 Å². The van der Waals surface area contributed by atoms with Gasteiger partial charge in [-0.25, -0.2) is 9.67 Å². The molecule has 3 heterocycles. The summed E-state index contributed by atoms with van der Waals surface area (Å²) in [6.45, 7) is 1.71. The van der Waals surface area contributed by atoms with Gasteiger partial charge in [0, 0.05) is 42.6 Å². The zero-order valence-electron chi connectivity index (χ0n) is 16.5. The molecular formula is C20H28N6O2S. The van der Waals surface area contributed by atoms with Crippen molar-refractivity contribution in [2.24, 2.45) is 0 Å². The third-order valence-corrected chi connectivity index (χ3v) is 7.05. The summed E-state index contributed by atoms with van der Waals surface area (Å²) >= 11 is 1.45. The highest BCUT2D eigenvalue weighted by molar-refractivity contribution is 7.09. The van der Waals surface area contributed by atoms with Crippen LogP contribution >= 0.6 is 11.5 Å². The molecule has 2 N–H and O–H groups in total. The topological polar surface area (TPSA) is 96.2 Å². The lowest BCUT2D eigenvalue weighted by Crippen LogP contribution is -2.45. The molecule has 0 amide bonds. The smallest absolute Gasteiger partial charge is 0.267 e. The Morgan fingerprint density at radius 2 is 2.03 bits per heavy atom. The minimum absolute atomic E-state index is 0.132. The van der Waals surface area contributed by atoms with Crippen molar-refractivity contribution in [1.82, 2.24) is 19.1 Å². The summed E-state index contributed by atoms with van der Waals surface area (Å²) < 4.78 is 5.98. The van der Waals surface area contributed by atoms with Gasteiger partial charge < -0.3 is 15.3 Å². The zero-order valence-corrected chi connectivity index (χ0v) is 17.4. The second-order valence-electron chi connectivity index (χ2n) is 8.50. The van der Waals surface area contributed by atoms with E-state index in [1.165, 1.54) is 35.5 Å². The van der Waals surface area contributed by atoms with Crippen LogP contribution in [0.15, 0.2) is 16.9 Å². The van der Waals surface area contributed by atoms with Gasteiger partial charge in [0.2, 0.25) is 5.13 Å². The van der Waals surface area contributed by atoms with Crippen molar-refractivity contribution in [3.63, 3.8) is 0 Å². The standard InChI is InChI=1S/C20H28N6O2S/c27-16-6-3-5-15(16)26-18(28)10-9-17(23-26)25-11-2-1-4-14(25)12-21-20-22-19(24-29-20)13-7-8-13/h9-10,13-16,27H,1-8,11-12H2,(H,21,22,24). The van der Waals surface area contributed by atoms with Gasteiger partial charge >= 0.3 is 0 Å². The van der Waals surface area contributed by atoms with E-state index in [-0.39, 0.29) is 11.6 Å². The van der Waals surface area contributed by atoms with E-state index < -0.39 is 6.10 Å². The minimum atomic E-state index is -0.479.